The number of hydrogen-bond acceptors (Lipinski definition) is 4. The Hall–Kier alpha value is -1.59. The van der Waals surface area contributed by atoms with Crippen molar-refractivity contribution in [1.29, 1.82) is 0 Å². The second-order valence-corrected chi connectivity index (χ2v) is 7.74. The Morgan fingerprint density at radius 2 is 1.93 bits per heavy atom. The lowest BCUT2D eigenvalue weighted by atomic mass is 10.0. The minimum absolute atomic E-state index is 0.311. The molecule has 0 aromatic heterocycles. The molecule has 4 nitrogen and oxygen atoms in total. The van der Waals surface area contributed by atoms with E-state index in [2.05, 4.69) is 23.2 Å². The third kappa shape index (κ3) is 6.51. The van der Waals surface area contributed by atoms with Crippen LogP contribution >= 0.6 is 11.6 Å². The Labute approximate surface area is 167 Å². The minimum Gasteiger partial charge on any atom is -0.491 e. The van der Waals surface area contributed by atoms with Crippen molar-refractivity contribution in [3.8, 4) is 5.75 Å². The number of aryl methyl sites for hydroxylation is 1. The molecule has 0 aliphatic carbocycles. The third-order valence-corrected chi connectivity index (χ3v) is 5.35. The highest BCUT2D eigenvalue weighted by atomic mass is 35.5. The molecule has 0 spiro atoms. The Morgan fingerprint density at radius 3 is 2.63 bits per heavy atom. The van der Waals surface area contributed by atoms with Gasteiger partial charge in [-0.2, -0.15) is 0 Å². The molecule has 1 aliphatic rings. The summed E-state index contributed by atoms with van der Waals surface area (Å²) in [6, 6.07) is 16.2. The summed E-state index contributed by atoms with van der Waals surface area (Å²) in [5.41, 5.74) is 2.60. The number of likely N-dealkylation sites (tertiary alicyclic amines) is 1. The lowest BCUT2D eigenvalue weighted by molar-refractivity contribution is 0.0979. The standard InChI is InChI=1S/C22H29ClN2O2/c1-17-13-19(23)8-7-18(17)15-25-11-9-20(10-12-25)24-14-21(26)16-27-22-5-3-2-4-6-22/h2-8,13,20-21,24,26H,9-12,14-16H2,1H3/t21-/m0/s1. The molecule has 2 N–H and O–H groups in total. The second-order valence-electron chi connectivity index (χ2n) is 7.31. The van der Waals surface area contributed by atoms with Gasteiger partial charge in [-0.3, -0.25) is 4.90 Å². The summed E-state index contributed by atoms with van der Waals surface area (Å²) in [5, 5.41) is 14.4. The topological polar surface area (TPSA) is 44.7 Å². The van der Waals surface area contributed by atoms with E-state index in [1.165, 1.54) is 11.1 Å². The van der Waals surface area contributed by atoms with Crippen molar-refractivity contribution in [3.05, 3.63) is 64.7 Å². The maximum atomic E-state index is 10.1. The molecule has 27 heavy (non-hydrogen) atoms. The normalized spacial score (nSPS) is 17.0. The van der Waals surface area contributed by atoms with E-state index in [9.17, 15) is 5.11 Å². The van der Waals surface area contributed by atoms with Crippen molar-refractivity contribution >= 4 is 11.6 Å². The van der Waals surface area contributed by atoms with E-state index < -0.39 is 6.10 Å². The highest BCUT2D eigenvalue weighted by molar-refractivity contribution is 6.30. The van der Waals surface area contributed by atoms with Gasteiger partial charge in [0.1, 0.15) is 18.5 Å². The second kappa shape index (κ2) is 10.1. The van der Waals surface area contributed by atoms with E-state index >= 15 is 0 Å². The first-order valence-electron chi connectivity index (χ1n) is 9.67. The van der Waals surface area contributed by atoms with Gasteiger partial charge in [-0.1, -0.05) is 35.9 Å². The molecule has 5 heteroatoms. The number of nitrogens with zero attached hydrogens (tertiary/aromatic N) is 1. The zero-order valence-electron chi connectivity index (χ0n) is 15.9. The van der Waals surface area contributed by atoms with Gasteiger partial charge in [0, 0.05) is 24.2 Å². The van der Waals surface area contributed by atoms with Crippen LogP contribution in [0.5, 0.6) is 5.75 Å². The number of aliphatic hydroxyl groups excluding tert-OH is 1. The molecular weight excluding hydrogens is 360 g/mol. The van der Waals surface area contributed by atoms with Crippen LogP contribution in [-0.4, -0.2) is 48.4 Å². The molecule has 3 rings (SSSR count). The first-order chi connectivity index (χ1) is 13.1. The van der Waals surface area contributed by atoms with Crippen molar-refractivity contribution < 1.29 is 9.84 Å². The van der Waals surface area contributed by atoms with Crippen LogP contribution in [0.1, 0.15) is 24.0 Å². The smallest absolute Gasteiger partial charge is 0.119 e. The number of aliphatic hydroxyl groups is 1. The zero-order valence-corrected chi connectivity index (χ0v) is 16.7. The van der Waals surface area contributed by atoms with Gasteiger partial charge in [0.25, 0.3) is 0 Å². The lowest BCUT2D eigenvalue weighted by Crippen LogP contribution is -2.45. The molecule has 1 fully saturated rings. The molecule has 146 valence electrons. The number of piperidine rings is 1. The van der Waals surface area contributed by atoms with Gasteiger partial charge < -0.3 is 15.2 Å². The van der Waals surface area contributed by atoms with Gasteiger partial charge in [0.05, 0.1) is 0 Å². The third-order valence-electron chi connectivity index (χ3n) is 5.11. The van der Waals surface area contributed by atoms with E-state index in [0.717, 1.165) is 43.2 Å². The monoisotopic (exact) mass is 388 g/mol. The van der Waals surface area contributed by atoms with E-state index in [-0.39, 0.29) is 0 Å². The fourth-order valence-electron chi connectivity index (χ4n) is 3.44. The number of hydrogen-bond donors (Lipinski definition) is 2. The predicted molar refractivity (Wildman–Crippen MR) is 110 cm³/mol. The Kier molecular flexibility index (Phi) is 7.53. The van der Waals surface area contributed by atoms with Gasteiger partial charge in [-0.25, -0.2) is 0 Å². The molecule has 0 unspecified atom stereocenters. The highest BCUT2D eigenvalue weighted by Crippen LogP contribution is 2.19. The number of para-hydroxylation sites is 1. The summed E-state index contributed by atoms with van der Waals surface area (Å²) in [6.07, 6.45) is 1.69. The van der Waals surface area contributed by atoms with Crippen LogP contribution in [0.4, 0.5) is 0 Å². The largest absolute Gasteiger partial charge is 0.491 e. The molecule has 2 aromatic rings. The number of halogens is 1. The van der Waals surface area contributed by atoms with Crippen molar-refractivity contribution in [2.24, 2.45) is 0 Å². The van der Waals surface area contributed by atoms with Crippen LogP contribution in [0.3, 0.4) is 0 Å². The maximum Gasteiger partial charge on any atom is 0.119 e. The van der Waals surface area contributed by atoms with Gasteiger partial charge in [-0.05, 0) is 68.2 Å². The summed E-state index contributed by atoms with van der Waals surface area (Å²) in [4.78, 5) is 2.49. The first kappa shape index (κ1) is 20.2. The number of benzene rings is 2. The Morgan fingerprint density at radius 1 is 1.19 bits per heavy atom. The van der Waals surface area contributed by atoms with Crippen LogP contribution in [0.2, 0.25) is 5.02 Å². The number of ether oxygens (including phenoxy) is 1. The van der Waals surface area contributed by atoms with Crippen molar-refractivity contribution in [3.63, 3.8) is 0 Å². The average Bonchev–Trinajstić information content (AvgIpc) is 2.69. The van der Waals surface area contributed by atoms with Gasteiger partial charge in [-0.15, -0.1) is 0 Å². The molecule has 1 aliphatic heterocycles. The molecule has 0 amide bonds. The molecule has 0 bridgehead atoms. The summed E-state index contributed by atoms with van der Waals surface area (Å²) < 4.78 is 5.60. The van der Waals surface area contributed by atoms with E-state index in [1.54, 1.807) is 0 Å². The first-order valence-corrected chi connectivity index (χ1v) is 10.0. The van der Waals surface area contributed by atoms with Crippen LogP contribution in [0, 0.1) is 6.92 Å². The van der Waals surface area contributed by atoms with Gasteiger partial charge in [0.15, 0.2) is 0 Å². The summed E-state index contributed by atoms with van der Waals surface area (Å²) in [5.74, 6) is 0.794. The molecule has 1 heterocycles. The zero-order chi connectivity index (χ0) is 19.1. The van der Waals surface area contributed by atoms with Crippen molar-refractivity contribution in [2.45, 2.75) is 38.5 Å². The average molecular weight is 389 g/mol. The van der Waals surface area contributed by atoms with Crippen molar-refractivity contribution in [1.82, 2.24) is 10.2 Å². The number of nitrogens with one attached hydrogen (secondary N) is 1. The Balaban J connectivity index is 1.34. The molecular formula is C22H29ClN2O2. The summed E-state index contributed by atoms with van der Waals surface area (Å²) in [6.45, 7) is 6.10. The van der Waals surface area contributed by atoms with E-state index in [1.807, 2.05) is 42.5 Å². The summed E-state index contributed by atoms with van der Waals surface area (Å²) >= 11 is 6.05. The van der Waals surface area contributed by atoms with Crippen LogP contribution < -0.4 is 10.1 Å². The maximum absolute atomic E-state index is 10.1. The minimum atomic E-state index is -0.500. The fourth-order valence-corrected chi connectivity index (χ4v) is 3.67. The van der Waals surface area contributed by atoms with Gasteiger partial charge in [0.2, 0.25) is 0 Å². The van der Waals surface area contributed by atoms with Crippen LogP contribution in [-0.2, 0) is 6.54 Å². The van der Waals surface area contributed by atoms with E-state index in [4.69, 9.17) is 16.3 Å². The predicted octanol–water partition coefficient (Wildman–Crippen LogP) is 3.64. The number of rotatable bonds is 8. The highest BCUT2D eigenvalue weighted by Gasteiger charge is 2.20. The SMILES string of the molecule is Cc1cc(Cl)ccc1CN1CCC(NC[C@H](O)COc2ccccc2)CC1. The lowest BCUT2D eigenvalue weighted by Gasteiger charge is -2.33. The molecule has 2 aromatic carbocycles. The van der Waals surface area contributed by atoms with E-state index in [0.29, 0.717) is 19.2 Å². The molecule has 1 saturated heterocycles. The molecule has 1 atom stereocenters. The molecule has 0 radical (unpaired) electrons. The van der Waals surface area contributed by atoms with Crippen LogP contribution in [0.25, 0.3) is 0 Å². The van der Waals surface area contributed by atoms with Crippen LogP contribution in [0.15, 0.2) is 48.5 Å². The molecule has 0 saturated carbocycles. The summed E-state index contributed by atoms with van der Waals surface area (Å²) in [7, 11) is 0. The fraction of sp³-hybridized carbons (Fsp3) is 0.455. The van der Waals surface area contributed by atoms with Crippen molar-refractivity contribution in [2.75, 3.05) is 26.2 Å². The quantitative estimate of drug-likeness (QED) is 0.724. The van der Waals surface area contributed by atoms with Gasteiger partial charge >= 0.3 is 0 Å². The Bertz CT molecular complexity index is 703.